The van der Waals surface area contributed by atoms with Crippen molar-refractivity contribution in [2.45, 2.75) is 12.8 Å². The molecule has 0 saturated heterocycles. The fraction of sp³-hybridized carbons (Fsp3) is 0.111. The van der Waals surface area contributed by atoms with Gasteiger partial charge in [0, 0.05) is 11.1 Å². The molecule has 0 bridgehead atoms. The Morgan fingerprint density at radius 2 is 1.64 bits per heavy atom. The Morgan fingerprint density at radius 3 is 2.29 bits per heavy atom. The predicted molar refractivity (Wildman–Crippen MR) is 88.8 cm³/mol. The Morgan fingerprint density at radius 1 is 0.929 bits per heavy atom. The van der Waals surface area contributed by atoms with Crippen LogP contribution in [0.15, 0.2) is 63.9 Å². The molecule has 2 heterocycles. The van der Waals surface area contributed by atoms with Gasteiger partial charge in [-0.15, -0.1) is 10.2 Å². The summed E-state index contributed by atoms with van der Waals surface area (Å²) in [4.78, 5) is 4.13. The van der Waals surface area contributed by atoms with Crippen LogP contribution in [0.25, 0.3) is 22.8 Å². The summed E-state index contributed by atoms with van der Waals surface area (Å²) in [5, 5.41) is 11.2. The molecule has 142 valence electrons. The fourth-order valence-electron chi connectivity index (χ4n) is 2.38. The van der Waals surface area contributed by atoms with Gasteiger partial charge in [0.2, 0.25) is 18.1 Å². The highest BCUT2D eigenvalue weighted by Gasteiger charge is 2.30. The van der Waals surface area contributed by atoms with Crippen molar-refractivity contribution in [3.05, 3.63) is 66.4 Å². The average Bonchev–Trinajstić information content (AvgIpc) is 3.38. The number of halogens is 3. The molecule has 0 saturated carbocycles. The molecule has 0 aliphatic heterocycles. The fourth-order valence-corrected chi connectivity index (χ4v) is 2.38. The van der Waals surface area contributed by atoms with Crippen molar-refractivity contribution in [1.29, 1.82) is 0 Å². The SMILES string of the molecule is FC(F)(F)c1ccc(-c2noc(COc3ccc(-c4nnco4)cc3)n2)cc1. The van der Waals surface area contributed by atoms with Gasteiger partial charge >= 0.3 is 6.18 Å². The smallest absolute Gasteiger partial charge is 0.416 e. The summed E-state index contributed by atoms with van der Waals surface area (Å²) in [6.07, 6.45) is -3.16. The summed E-state index contributed by atoms with van der Waals surface area (Å²) in [6, 6.07) is 11.4. The number of benzene rings is 2. The Labute approximate surface area is 155 Å². The second-order valence-electron chi connectivity index (χ2n) is 5.64. The van der Waals surface area contributed by atoms with Crippen LogP contribution < -0.4 is 4.74 Å². The van der Waals surface area contributed by atoms with E-state index in [4.69, 9.17) is 13.7 Å². The normalized spacial score (nSPS) is 11.5. The third kappa shape index (κ3) is 3.85. The predicted octanol–water partition coefficient (Wildman–Crippen LogP) is 4.38. The van der Waals surface area contributed by atoms with Crippen LogP contribution in [-0.2, 0) is 12.8 Å². The van der Waals surface area contributed by atoms with Gasteiger partial charge < -0.3 is 13.7 Å². The minimum Gasteiger partial charge on any atom is -0.484 e. The number of nitrogens with zero attached hydrogens (tertiary/aromatic N) is 4. The maximum absolute atomic E-state index is 12.6. The average molecular weight is 388 g/mol. The highest BCUT2D eigenvalue weighted by atomic mass is 19.4. The van der Waals surface area contributed by atoms with E-state index in [1.165, 1.54) is 18.5 Å². The minimum absolute atomic E-state index is 0.00748. The molecule has 0 fully saturated rings. The summed E-state index contributed by atoms with van der Waals surface area (Å²) < 4.78 is 53.6. The van der Waals surface area contributed by atoms with Gasteiger partial charge in [0.1, 0.15) is 5.75 Å². The number of rotatable bonds is 5. The molecule has 0 aliphatic carbocycles. The molecule has 7 nitrogen and oxygen atoms in total. The number of hydrogen-bond acceptors (Lipinski definition) is 7. The van der Waals surface area contributed by atoms with Crippen LogP contribution in [0.5, 0.6) is 5.75 Å². The number of alkyl halides is 3. The summed E-state index contributed by atoms with van der Waals surface area (Å²) in [6.45, 7) is 0.00748. The first-order valence-electron chi connectivity index (χ1n) is 7.99. The third-order valence-corrected chi connectivity index (χ3v) is 3.76. The van der Waals surface area contributed by atoms with Gasteiger partial charge in [0.05, 0.1) is 5.56 Å². The summed E-state index contributed by atoms with van der Waals surface area (Å²) >= 11 is 0. The van der Waals surface area contributed by atoms with Gasteiger partial charge in [-0.3, -0.25) is 0 Å². The van der Waals surface area contributed by atoms with Crippen molar-refractivity contribution < 1.29 is 26.8 Å². The van der Waals surface area contributed by atoms with Crippen molar-refractivity contribution in [2.75, 3.05) is 0 Å². The second-order valence-corrected chi connectivity index (χ2v) is 5.64. The Kier molecular flexibility index (Phi) is 4.52. The Bertz CT molecular complexity index is 1040. The Hall–Kier alpha value is -3.69. The molecule has 0 amide bonds. The van der Waals surface area contributed by atoms with Crippen molar-refractivity contribution in [3.63, 3.8) is 0 Å². The van der Waals surface area contributed by atoms with Crippen LogP contribution in [0.2, 0.25) is 0 Å². The molecular formula is C18H11F3N4O3. The van der Waals surface area contributed by atoms with E-state index in [1.807, 2.05) is 0 Å². The van der Waals surface area contributed by atoms with Crippen LogP contribution in [0, 0.1) is 0 Å². The second kappa shape index (κ2) is 7.14. The van der Waals surface area contributed by atoms with Crippen LogP contribution in [0.4, 0.5) is 13.2 Å². The van der Waals surface area contributed by atoms with E-state index < -0.39 is 11.7 Å². The first-order chi connectivity index (χ1) is 13.5. The summed E-state index contributed by atoms with van der Waals surface area (Å²) in [5.74, 6) is 1.32. The lowest BCUT2D eigenvalue weighted by Crippen LogP contribution is -2.04. The minimum atomic E-state index is -4.39. The van der Waals surface area contributed by atoms with Gasteiger partial charge in [-0.1, -0.05) is 17.3 Å². The molecule has 2 aromatic heterocycles. The number of ether oxygens (including phenoxy) is 1. The first-order valence-corrected chi connectivity index (χ1v) is 7.99. The van der Waals surface area contributed by atoms with Crippen molar-refractivity contribution in [2.24, 2.45) is 0 Å². The summed E-state index contributed by atoms with van der Waals surface area (Å²) in [7, 11) is 0. The zero-order valence-corrected chi connectivity index (χ0v) is 14.1. The first kappa shape index (κ1) is 17.7. The molecule has 0 spiro atoms. The molecule has 4 aromatic rings. The van der Waals surface area contributed by atoms with Gasteiger partial charge in [-0.05, 0) is 36.4 Å². The molecule has 0 radical (unpaired) electrons. The molecule has 0 N–H and O–H groups in total. The van der Waals surface area contributed by atoms with E-state index in [0.717, 1.165) is 17.7 Å². The zero-order chi connectivity index (χ0) is 19.6. The Balaban J connectivity index is 1.40. The van der Waals surface area contributed by atoms with Crippen LogP contribution >= 0.6 is 0 Å². The molecule has 2 aromatic carbocycles. The largest absolute Gasteiger partial charge is 0.484 e. The molecule has 0 unspecified atom stereocenters. The molecule has 0 aliphatic rings. The van der Waals surface area contributed by atoms with E-state index in [2.05, 4.69) is 20.3 Å². The molecule has 10 heteroatoms. The van der Waals surface area contributed by atoms with Gasteiger partial charge in [0.15, 0.2) is 6.61 Å². The van der Waals surface area contributed by atoms with E-state index in [-0.39, 0.29) is 18.3 Å². The lowest BCUT2D eigenvalue weighted by Gasteiger charge is -2.05. The van der Waals surface area contributed by atoms with Crippen molar-refractivity contribution in [3.8, 4) is 28.6 Å². The van der Waals surface area contributed by atoms with Gasteiger partial charge in [-0.25, -0.2) is 0 Å². The number of hydrogen-bond donors (Lipinski definition) is 0. The summed E-state index contributed by atoms with van der Waals surface area (Å²) in [5.41, 5.74) is 0.409. The zero-order valence-electron chi connectivity index (χ0n) is 14.1. The molecule has 0 atom stereocenters. The standard InChI is InChI=1S/C18H11F3N4O3/c19-18(20,21)13-5-1-11(2-6-13)16-23-15(28-25-16)9-26-14-7-3-12(4-8-14)17-24-22-10-27-17/h1-8,10H,9H2. The third-order valence-electron chi connectivity index (χ3n) is 3.76. The van der Waals surface area contributed by atoms with E-state index >= 15 is 0 Å². The lowest BCUT2D eigenvalue weighted by atomic mass is 10.1. The maximum Gasteiger partial charge on any atom is 0.416 e. The number of aromatic nitrogens is 4. The molecule has 28 heavy (non-hydrogen) atoms. The lowest BCUT2D eigenvalue weighted by molar-refractivity contribution is -0.137. The quantitative estimate of drug-likeness (QED) is 0.501. The molecular weight excluding hydrogens is 377 g/mol. The monoisotopic (exact) mass is 388 g/mol. The van der Waals surface area contributed by atoms with E-state index in [1.54, 1.807) is 24.3 Å². The topological polar surface area (TPSA) is 87.1 Å². The van der Waals surface area contributed by atoms with Crippen LogP contribution in [0.1, 0.15) is 11.5 Å². The maximum atomic E-state index is 12.6. The molecule has 4 rings (SSSR count). The van der Waals surface area contributed by atoms with Crippen LogP contribution in [-0.4, -0.2) is 20.3 Å². The highest BCUT2D eigenvalue weighted by Crippen LogP contribution is 2.30. The van der Waals surface area contributed by atoms with E-state index in [9.17, 15) is 13.2 Å². The van der Waals surface area contributed by atoms with E-state index in [0.29, 0.717) is 17.2 Å². The van der Waals surface area contributed by atoms with Crippen LogP contribution in [0.3, 0.4) is 0 Å². The highest BCUT2D eigenvalue weighted by molar-refractivity contribution is 5.55. The van der Waals surface area contributed by atoms with Crippen molar-refractivity contribution >= 4 is 0 Å². The van der Waals surface area contributed by atoms with Crippen molar-refractivity contribution in [1.82, 2.24) is 20.3 Å². The van der Waals surface area contributed by atoms with Gasteiger partial charge in [-0.2, -0.15) is 18.2 Å². The van der Waals surface area contributed by atoms with Gasteiger partial charge in [0.25, 0.3) is 5.89 Å².